The first-order chi connectivity index (χ1) is 8.54. The number of benzene rings is 1. The Labute approximate surface area is 108 Å². The maximum absolute atomic E-state index is 6.41. The van der Waals surface area contributed by atoms with Crippen LogP contribution in [0, 0.1) is 19.3 Å². The standard InChI is InChI=1S/C14H22N2O2/c1-9-5-12(17-3)10(2)4-11(9)13(16)14(6-15)7-18-8-14/h4-5,13H,6-8,15-16H2,1-3H3. The molecule has 1 aliphatic heterocycles. The molecular weight excluding hydrogens is 228 g/mol. The summed E-state index contributed by atoms with van der Waals surface area (Å²) in [6.45, 7) is 5.94. The Hall–Kier alpha value is -1.10. The zero-order valence-corrected chi connectivity index (χ0v) is 11.3. The Morgan fingerprint density at radius 1 is 1.33 bits per heavy atom. The molecule has 0 spiro atoms. The highest BCUT2D eigenvalue weighted by atomic mass is 16.5. The SMILES string of the molecule is COc1cc(C)c(C(N)C2(CN)COC2)cc1C. The average molecular weight is 250 g/mol. The Kier molecular flexibility index (Phi) is 3.61. The fourth-order valence-corrected chi connectivity index (χ4v) is 2.49. The molecule has 1 heterocycles. The van der Waals surface area contributed by atoms with Crippen LogP contribution < -0.4 is 16.2 Å². The predicted molar refractivity (Wildman–Crippen MR) is 71.7 cm³/mol. The molecule has 4 N–H and O–H groups in total. The van der Waals surface area contributed by atoms with Crippen LogP contribution in [0.15, 0.2) is 12.1 Å². The lowest BCUT2D eigenvalue weighted by atomic mass is 9.74. The van der Waals surface area contributed by atoms with Gasteiger partial charge in [0.05, 0.1) is 20.3 Å². The van der Waals surface area contributed by atoms with E-state index in [1.54, 1.807) is 7.11 Å². The normalized spacial score (nSPS) is 19.2. The van der Waals surface area contributed by atoms with Crippen molar-refractivity contribution in [1.82, 2.24) is 0 Å². The fraction of sp³-hybridized carbons (Fsp3) is 0.571. The molecule has 100 valence electrons. The minimum atomic E-state index is -0.105. The summed E-state index contributed by atoms with van der Waals surface area (Å²) in [4.78, 5) is 0. The van der Waals surface area contributed by atoms with Gasteiger partial charge in [-0.3, -0.25) is 0 Å². The van der Waals surface area contributed by atoms with E-state index in [0.29, 0.717) is 19.8 Å². The van der Waals surface area contributed by atoms with E-state index in [4.69, 9.17) is 20.9 Å². The molecule has 1 saturated heterocycles. The van der Waals surface area contributed by atoms with E-state index in [2.05, 4.69) is 13.0 Å². The van der Waals surface area contributed by atoms with Gasteiger partial charge in [-0.2, -0.15) is 0 Å². The van der Waals surface area contributed by atoms with Gasteiger partial charge in [0, 0.05) is 18.0 Å². The van der Waals surface area contributed by atoms with Gasteiger partial charge in [-0.1, -0.05) is 6.07 Å². The number of rotatable bonds is 4. The molecule has 0 aliphatic carbocycles. The molecule has 1 unspecified atom stereocenters. The first-order valence-corrected chi connectivity index (χ1v) is 6.22. The molecule has 0 bridgehead atoms. The van der Waals surface area contributed by atoms with Crippen molar-refractivity contribution in [1.29, 1.82) is 0 Å². The van der Waals surface area contributed by atoms with Crippen LogP contribution in [-0.2, 0) is 4.74 Å². The van der Waals surface area contributed by atoms with Crippen molar-refractivity contribution in [2.75, 3.05) is 26.9 Å². The highest BCUT2D eigenvalue weighted by molar-refractivity contribution is 5.43. The van der Waals surface area contributed by atoms with Crippen molar-refractivity contribution < 1.29 is 9.47 Å². The van der Waals surface area contributed by atoms with Gasteiger partial charge < -0.3 is 20.9 Å². The van der Waals surface area contributed by atoms with Crippen LogP contribution in [0.1, 0.15) is 22.7 Å². The lowest BCUT2D eigenvalue weighted by molar-refractivity contribution is -0.121. The molecule has 0 amide bonds. The van der Waals surface area contributed by atoms with Crippen LogP contribution in [0.3, 0.4) is 0 Å². The van der Waals surface area contributed by atoms with Gasteiger partial charge in [0.25, 0.3) is 0 Å². The molecule has 1 fully saturated rings. The molecule has 4 nitrogen and oxygen atoms in total. The van der Waals surface area contributed by atoms with Crippen LogP contribution >= 0.6 is 0 Å². The van der Waals surface area contributed by atoms with E-state index in [9.17, 15) is 0 Å². The number of aryl methyl sites for hydroxylation is 2. The minimum absolute atomic E-state index is 0.0825. The van der Waals surface area contributed by atoms with Gasteiger partial charge in [-0.15, -0.1) is 0 Å². The second kappa shape index (κ2) is 4.88. The first kappa shape index (κ1) is 13.3. The Morgan fingerprint density at radius 2 is 2.00 bits per heavy atom. The molecule has 0 saturated carbocycles. The summed E-state index contributed by atoms with van der Waals surface area (Å²) >= 11 is 0. The smallest absolute Gasteiger partial charge is 0.122 e. The fourth-order valence-electron chi connectivity index (χ4n) is 2.49. The summed E-state index contributed by atoms with van der Waals surface area (Å²) in [5.74, 6) is 0.898. The topological polar surface area (TPSA) is 70.5 Å². The number of methoxy groups -OCH3 is 1. The van der Waals surface area contributed by atoms with Gasteiger partial charge in [0.15, 0.2) is 0 Å². The maximum Gasteiger partial charge on any atom is 0.122 e. The van der Waals surface area contributed by atoms with Crippen LogP contribution in [0.25, 0.3) is 0 Å². The number of ether oxygens (including phenoxy) is 2. The number of hydrogen-bond donors (Lipinski definition) is 2. The van der Waals surface area contributed by atoms with Crippen molar-refractivity contribution in [2.24, 2.45) is 16.9 Å². The molecule has 1 aromatic carbocycles. The summed E-state index contributed by atoms with van der Waals surface area (Å²) in [5.41, 5.74) is 15.5. The van der Waals surface area contributed by atoms with Gasteiger partial charge in [-0.05, 0) is 36.6 Å². The first-order valence-electron chi connectivity index (χ1n) is 6.22. The zero-order valence-electron chi connectivity index (χ0n) is 11.3. The van der Waals surface area contributed by atoms with Gasteiger partial charge >= 0.3 is 0 Å². The maximum atomic E-state index is 6.41. The lowest BCUT2D eigenvalue weighted by Crippen LogP contribution is -2.55. The van der Waals surface area contributed by atoms with Crippen LogP contribution in [0.2, 0.25) is 0 Å². The lowest BCUT2D eigenvalue weighted by Gasteiger charge is -2.45. The van der Waals surface area contributed by atoms with E-state index in [1.807, 2.05) is 13.0 Å². The van der Waals surface area contributed by atoms with Crippen molar-refractivity contribution in [3.05, 3.63) is 28.8 Å². The minimum Gasteiger partial charge on any atom is -0.496 e. The molecule has 0 radical (unpaired) electrons. The third-order valence-corrected chi connectivity index (χ3v) is 3.96. The van der Waals surface area contributed by atoms with Crippen LogP contribution in [0.4, 0.5) is 0 Å². The Balaban J connectivity index is 2.36. The number of nitrogens with two attached hydrogens (primary N) is 2. The second-order valence-electron chi connectivity index (χ2n) is 5.22. The van der Waals surface area contributed by atoms with E-state index in [1.165, 1.54) is 0 Å². The molecule has 18 heavy (non-hydrogen) atoms. The second-order valence-corrected chi connectivity index (χ2v) is 5.22. The van der Waals surface area contributed by atoms with Crippen LogP contribution in [0.5, 0.6) is 5.75 Å². The molecule has 1 aromatic rings. The van der Waals surface area contributed by atoms with Gasteiger partial charge in [0.1, 0.15) is 5.75 Å². The number of hydrogen-bond acceptors (Lipinski definition) is 4. The largest absolute Gasteiger partial charge is 0.496 e. The highest BCUT2D eigenvalue weighted by Crippen LogP contribution is 2.40. The van der Waals surface area contributed by atoms with Crippen molar-refractivity contribution in [3.63, 3.8) is 0 Å². The molecule has 1 aliphatic rings. The summed E-state index contributed by atoms with van der Waals surface area (Å²) in [6.07, 6.45) is 0. The zero-order chi connectivity index (χ0) is 13.3. The molecule has 2 rings (SSSR count). The third kappa shape index (κ3) is 2.00. The van der Waals surface area contributed by atoms with Crippen molar-refractivity contribution in [3.8, 4) is 5.75 Å². The van der Waals surface area contributed by atoms with E-state index in [0.717, 1.165) is 22.4 Å². The van der Waals surface area contributed by atoms with E-state index >= 15 is 0 Å². The molecule has 0 aromatic heterocycles. The monoisotopic (exact) mass is 250 g/mol. The van der Waals surface area contributed by atoms with Gasteiger partial charge in [-0.25, -0.2) is 0 Å². The average Bonchev–Trinajstić information content (AvgIpc) is 2.30. The molecule has 4 heteroatoms. The predicted octanol–water partition coefficient (Wildman–Crippen LogP) is 1.29. The van der Waals surface area contributed by atoms with Crippen molar-refractivity contribution >= 4 is 0 Å². The Morgan fingerprint density at radius 3 is 2.44 bits per heavy atom. The Bertz CT molecular complexity index is 436. The summed E-state index contributed by atoms with van der Waals surface area (Å²) < 4.78 is 10.6. The van der Waals surface area contributed by atoms with Crippen LogP contribution in [-0.4, -0.2) is 26.9 Å². The van der Waals surface area contributed by atoms with E-state index < -0.39 is 0 Å². The summed E-state index contributed by atoms with van der Waals surface area (Å²) in [6, 6.07) is 4.06. The van der Waals surface area contributed by atoms with E-state index in [-0.39, 0.29) is 11.5 Å². The quantitative estimate of drug-likeness (QED) is 0.844. The molecule has 1 atom stereocenters. The van der Waals surface area contributed by atoms with Crippen molar-refractivity contribution in [2.45, 2.75) is 19.9 Å². The summed E-state index contributed by atoms with van der Waals surface area (Å²) in [5, 5.41) is 0. The molecular formula is C14H22N2O2. The highest BCUT2D eigenvalue weighted by Gasteiger charge is 2.44. The van der Waals surface area contributed by atoms with Gasteiger partial charge in [0.2, 0.25) is 0 Å². The third-order valence-electron chi connectivity index (χ3n) is 3.96. The summed E-state index contributed by atoms with van der Waals surface area (Å²) in [7, 11) is 1.68.